The van der Waals surface area contributed by atoms with Gasteiger partial charge in [-0.2, -0.15) is 0 Å². The first-order valence-corrected chi connectivity index (χ1v) is 11.3. The topological polar surface area (TPSA) is 91.5 Å². The van der Waals surface area contributed by atoms with Gasteiger partial charge in [0.15, 0.2) is 11.7 Å². The Morgan fingerprint density at radius 3 is 2.24 bits per heavy atom. The molecule has 0 aliphatic rings. The van der Waals surface area contributed by atoms with Crippen LogP contribution >= 0.6 is 0 Å². The summed E-state index contributed by atoms with van der Waals surface area (Å²) in [5, 5.41) is 11.6. The first-order chi connectivity index (χ1) is 15.9. The minimum absolute atomic E-state index is 0.0165. The van der Waals surface area contributed by atoms with E-state index in [2.05, 4.69) is 18.8 Å². The predicted molar refractivity (Wildman–Crippen MR) is 135 cm³/mol. The van der Waals surface area contributed by atoms with Crippen molar-refractivity contribution in [2.24, 2.45) is 10.7 Å². The number of carbonyl (C=O) groups is 1. The summed E-state index contributed by atoms with van der Waals surface area (Å²) in [6, 6.07) is 23.1. The second kappa shape index (κ2) is 9.04. The number of aliphatic imine (C=N–C) groups is 1. The van der Waals surface area contributed by atoms with Crippen molar-refractivity contribution in [3.05, 3.63) is 95.1 Å². The van der Waals surface area contributed by atoms with Gasteiger partial charge in [0, 0.05) is 27.6 Å². The van der Waals surface area contributed by atoms with Crippen molar-refractivity contribution in [2.45, 2.75) is 39.2 Å². The first-order valence-electron chi connectivity index (χ1n) is 11.3. The van der Waals surface area contributed by atoms with Crippen LogP contribution in [0.5, 0.6) is 5.88 Å². The van der Waals surface area contributed by atoms with E-state index in [1.54, 1.807) is 12.1 Å². The van der Waals surface area contributed by atoms with Crippen molar-refractivity contribution >= 4 is 28.1 Å². The quantitative estimate of drug-likeness (QED) is 0.236. The lowest BCUT2D eigenvalue weighted by Gasteiger charge is -2.27. The number of rotatable bonds is 7. The van der Waals surface area contributed by atoms with Gasteiger partial charge in [0.1, 0.15) is 0 Å². The number of nitrogens with zero attached hydrogens (tertiary/aromatic N) is 1. The van der Waals surface area contributed by atoms with Crippen molar-refractivity contribution in [2.75, 3.05) is 0 Å². The Bertz CT molecular complexity index is 1310. The summed E-state index contributed by atoms with van der Waals surface area (Å²) in [6.07, 6.45) is 1.70. The van der Waals surface area contributed by atoms with Gasteiger partial charge in [0.25, 0.3) is 0 Å². The van der Waals surface area contributed by atoms with Gasteiger partial charge >= 0.3 is 0 Å². The number of fused-ring (bicyclic) bond motifs is 1. The van der Waals surface area contributed by atoms with Crippen LogP contribution in [0.1, 0.15) is 60.7 Å². The lowest BCUT2D eigenvalue weighted by Crippen LogP contribution is -2.34. The average Bonchev–Trinajstić information content (AvgIpc) is 3.17. The zero-order valence-corrected chi connectivity index (χ0v) is 19.2. The van der Waals surface area contributed by atoms with E-state index in [4.69, 9.17) is 10.7 Å². The van der Waals surface area contributed by atoms with Crippen LogP contribution in [0.2, 0.25) is 0 Å². The summed E-state index contributed by atoms with van der Waals surface area (Å²) in [5.74, 6) is -0.0164. The van der Waals surface area contributed by atoms with Gasteiger partial charge in [-0.25, -0.2) is 4.99 Å². The largest absolute Gasteiger partial charge is 0.494 e. The minimum atomic E-state index is -0.358. The number of aromatic hydroxyl groups is 1. The number of carbonyl (C=O) groups excluding carboxylic acids is 1. The Morgan fingerprint density at radius 1 is 0.970 bits per heavy atom. The van der Waals surface area contributed by atoms with Gasteiger partial charge in [-0.15, -0.1) is 0 Å². The van der Waals surface area contributed by atoms with E-state index in [9.17, 15) is 9.90 Å². The van der Waals surface area contributed by atoms with Gasteiger partial charge in [-0.3, -0.25) is 4.79 Å². The lowest BCUT2D eigenvalue weighted by atomic mass is 9.86. The summed E-state index contributed by atoms with van der Waals surface area (Å²) in [4.78, 5) is 20.0. The van der Waals surface area contributed by atoms with Crippen LogP contribution in [0, 0.1) is 0 Å². The number of nitrogens with two attached hydrogens (primary N) is 1. The Balaban J connectivity index is 1.90. The SMILES string of the molecule is CCC(N)(CC)c1ccc(N=C(c2ccccc2)c2c(O)[nH]c3ccc(C(C)=O)cc23)cc1. The van der Waals surface area contributed by atoms with Crippen molar-refractivity contribution < 1.29 is 9.90 Å². The molecule has 5 nitrogen and oxygen atoms in total. The molecule has 0 spiro atoms. The molecule has 33 heavy (non-hydrogen) atoms. The summed E-state index contributed by atoms with van der Waals surface area (Å²) >= 11 is 0. The molecule has 4 rings (SSSR count). The standard InChI is InChI=1S/C28H29N3O2/c1-4-28(29,5-2)21-12-14-22(15-13-21)30-26(19-9-7-6-8-10-19)25-23-17-20(18(3)32)11-16-24(23)31-27(25)33/h6-17,31,33H,4-5,29H2,1-3H3. The number of nitrogens with one attached hydrogen (secondary N) is 1. The van der Waals surface area contributed by atoms with Crippen LogP contribution in [0.3, 0.4) is 0 Å². The first kappa shape index (κ1) is 22.5. The number of H-pyrrole nitrogens is 1. The van der Waals surface area contributed by atoms with E-state index in [1.165, 1.54) is 6.92 Å². The van der Waals surface area contributed by atoms with Gasteiger partial charge in [-0.1, -0.05) is 56.3 Å². The molecule has 0 unspecified atom stereocenters. The molecule has 0 aliphatic carbocycles. The smallest absolute Gasteiger partial charge is 0.199 e. The highest BCUT2D eigenvalue weighted by Gasteiger charge is 2.23. The third-order valence-corrected chi connectivity index (χ3v) is 6.41. The number of hydrogen-bond donors (Lipinski definition) is 3. The van der Waals surface area contributed by atoms with Gasteiger partial charge < -0.3 is 15.8 Å². The highest BCUT2D eigenvalue weighted by Crippen LogP contribution is 2.33. The molecule has 0 amide bonds. The Morgan fingerprint density at radius 2 is 1.64 bits per heavy atom. The molecule has 3 aromatic carbocycles. The number of aromatic amines is 1. The van der Waals surface area contributed by atoms with Crippen molar-refractivity contribution in [3.8, 4) is 5.88 Å². The predicted octanol–water partition coefficient (Wildman–Crippen LogP) is 6.22. The van der Waals surface area contributed by atoms with Gasteiger partial charge in [-0.05, 0) is 55.7 Å². The summed E-state index contributed by atoms with van der Waals surface area (Å²) in [6.45, 7) is 5.72. The maximum Gasteiger partial charge on any atom is 0.199 e. The fraction of sp³-hybridized carbons (Fsp3) is 0.214. The summed E-state index contributed by atoms with van der Waals surface area (Å²) in [7, 11) is 0. The van der Waals surface area contributed by atoms with Crippen LogP contribution in [0.25, 0.3) is 10.9 Å². The third kappa shape index (κ3) is 4.32. The van der Waals surface area contributed by atoms with E-state index in [0.29, 0.717) is 16.8 Å². The monoisotopic (exact) mass is 439 g/mol. The highest BCUT2D eigenvalue weighted by molar-refractivity contribution is 6.22. The molecule has 4 aromatic rings. The van der Waals surface area contributed by atoms with Crippen LogP contribution in [-0.4, -0.2) is 21.6 Å². The molecule has 168 valence electrons. The molecule has 1 heterocycles. The van der Waals surface area contributed by atoms with E-state index in [-0.39, 0.29) is 17.2 Å². The molecule has 0 aliphatic heterocycles. The average molecular weight is 440 g/mol. The Hall–Kier alpha value is -3.70. The second-order valence-electron chi connectivity index (χ2n) is 8.40. The molecule has 0 fully saturated rings. The molecule has 0 atom stereocenters. The summed E-state index contributed by atoms with van der Waals surface area (Å²) in [5.41, 5.74) is 11.4. The van der Waals surface area contributed by atoms with Gasteiger partial charge in [0.05, 0.1) is 17.0 Å². The lowest BCUT2D eigenvalue weighted by molar-refractivity contribution is 0.101. The van der Waals surface area contributed by atoms with Crippen LogP contribution in [0.4, 0.5) is 5.69 Å². The molecule has 0 radical (unpaired) electrons. The zero-order chi connectivity index (χ0) is 23.6. The normalized spacial score (nSPS) is 12.3. The van der Waals surface area contributed by atoms with Crippen LogP contribution < -0.4 is 5.73 Å². The van der Waals surface area contributed by atoms with E-state index in [1.807, 2.05) is 60.7 Å². The molecular weight excluding hydrogens is 410 g/mol. The Kier molecular flexibility index (Phi) is 6.16. The molecule has 0 bridgehead atoms. The highest BCUT2D eigenvalue weighted by atomic mass is 16.3. The molecule has 1 aromatic heterocycles. The molecule has 5 heteroatoms. The number of benzene rings is 3. The molecule has 0 saturated carbocycles. The second-order valence-corrected chi connectivity index (χ2v) is 8.40. The molecule has 4 N–H and O–H groups in total. The van der Waals surface area contributed by atoms with E-state index >= 15 is 0 Å². The van der Waals surface area contributed by atoms with Gasteiger partial charge in [0.2, 0.25) is 0 Å². The third-order valence-electron chi connectivity index (χ3n) is 6.41. The zero-order valence-electron chi connectivity index (χ0n) is 19.2. The molecular formula is C28H29N3O2. The molecule has 0 saturated heterocycles. The van der Waals surface area contributed by atoms with Crippen molar-refractivity contribution in [1.82, 2.24) is 4.98 Å². The Labute approximate surface area is 194 Å². The van der Waals surface area contributed by atoms with Crippen LogP contribution in [-0.2, 0) is 5.54 Å². The number of ketones is 1. The van der Waals surface area contributed by atoms with Crippen molar-refractivity contribution in [3.63, 3.8) is 0 Å². The number of aromatic nitrogens is 1. The number of hydrogen-bond acceptors (Lipinski definition) is 4. The maximum atomic E-state index is 12.0. The van der Waals surface area contributed by atoms with E-state index in [0.717, 1.165) is 40.6 Å². The fourth-order valence-corrected chi connectivity index (χ4v) is 4.15. The maximum absolute atomic E-state index is 12.0. The summed E-state index contributed by atoms with van der Waals surface area (Å²) < 4.78 is 0. The fourth-order valence-electron chi connectivity index (χ4n) is 4.15. The van der Waals surface area contributed by atoms with Crippen molar-refractivity contribution in [1.29, 1.82) is 0 Å². The minimum Gasteiger partial charge on any atom is -0.494 e. The van der Waals surface area contributed by atoms with Crippen LogP contribution in [0.15, 0.2) is 77.8 Å². The van der Waals surface area contributed by atoms with E-state index < -0.39 is 0 Å². The number of Topliss-reactive ketones (excluding diaryl/α,β-unsaturated/α-hetero) is 1.